The second-order valence-corrected chi connectivity index (χ2v) is 7.68. The van der Waals surface area contributed by atoms with E-state index >= 15 is 0 Å². The van der Waals surface area contributed by atoms with Crippen molar-refractivity contribution in [2.24, 2.45) is 0 Å². The van der Waals surface area contributed by atoms with Crippen molar-refractivity contribution in [1.29, 1.82) is 5.26 Å². The van der Waals surface area contributed by atoms with Crippen molar-refractivity contribution in [3.63, 3.8) is 0 Å². The summed E-state index contributed by atoms with van der Waals surface area (Å²) >= 11 is 0. The molecular weight excluding hydrogens is 328 g/mol. The van der Waals surface area contributed by atoms with Gasteiger partial charge in [-0.25, -0.2) is 8.42 Å². The van der Waals surface area contributed by atoms with E-state index in [0.29, 0.717) is 36.8 Å². The molecule has 0 saturated carbocycles. The monoisotopic (exact) mass is 346 g/mol. The molecule has 7 nitrogen and oxygen atoms in total. The number of piperidine rings is 1. The molecule has 0 N–H and O–H groups in total. The SMILES string of the molecule is CCc1nc([C@H]2CCCN(S(=O)(=O)c3ccc(C#N)cc3)C2)no1. The fraction of sp³-hybridized carbons (Fsp3) is 0.438. The number of hydrogen-bond donors (Lipinski definition) is 0. The van der Waals surface area contributed by atoms with Crippen molar-refractivity contribution in [2.45, 2.75) is 37.0 Å². The van der Waals surface area contributed by atoms with Crippen LogP contribution in [0.25, 0.3) is 0 Å². The van der Waals surface area contributed by atoms with Gasteiger partial charge < -0.3 is 4.52 Å². The van der Waals surface area contributed by atoms with Gasteiger partial charge >= 0.3 is 0 Å². The quantitative estimate of drug-likeness (QED) is 0.840. The van der Waals surface area contributed by atoms with Gasteiger partial charge in [-0.1, -0.05) is 12.1 Å². The van der Waals surface area contributed by atoms with Gasteiger partial charge in [-0.3, -0.25) is 0 Å². The maximum Gasteiger partial charge on any atom is 0.243 e. The van der Waals surface area contributed by atoms with Gasteiger partial charge in [0.05, 0.1) is 16.5 Å². The van der Waals surface area contributed by atoms with Gasteiger partial charge in [0.25, 0.3) is 0 Å². The molecule has 1 aromatic heterocycles. The topological polar surface area (TPSA) is 100 Å². The minimum Gasteiger partial charge on any atom is -0.339 e. The Bertz CT molecular complexity index is 852. The highest BCUT2D eigenvalue weighted by molar-refractivity contribution is 7.89. The Morgan fingerprint density at radius 3 is 2.75 bits per heavy atom. The van der Waals surface area contributed by atoms with Crippen LogP contribution in [0.15, 0.2) is 33.7 Å². The van der Waals surface area contributed by atoms with Crippen molar-refractivity contribution < 1.29 is 12.9 Å². The molecule has 2 aromatic rings. The molecule has 1 fully saturated rings. The highest BCUT2D eigenvalue weighted by atomic mass is 32.2. The number of hydrogen-bond acceptors (Lipinski definition) is 6. The average molecular weight is 346 g/mol. The smallest absolute Gasteiger partial charge is 0.243 e. The number of nitrogens with zero attached hydrogens (tertiary/aromatic N) is 4. The summed E-state index contributed by atoms with van der Waals surface area (Å²) in [6.07, 6.45) is 2.24. The summed E-state index contributed by atoms with van der Waals surface area (Å²) in [5.74, 6) is 1.08. The average Bonchev–Trinajstić information content (AvgIpc) is 3.11. The molecule has 2 heterocycles. The van der Waals surface area contributed by atoms with Gasteiger partial charge in [0, 0.05) is 25.4 Å². The molecular formula is C16H18N4O3S. The molecule has 0 spiro atoms. The van der Waals surface area contributed by atoms with Crippen LogP contribution in [0.3, 0.4) is 0 Å². The van der Waals surface area contributed by atoms with Gasteiger partial charge in [0.1, 0.15) is 0 Å². The van der Waals surface area contributed by atoms with Crippen LogP contribution in [0.1, 0.15) is 43.0 Å². The lowest BCUT2D eigenvalue weighted by Gasteiger charge is -2.30. The number of sulfonamides is 1. The first-order valence-corrected chi connectivity index (χ1v) is 9.31. The summed E-state index contributed by atoms with van der Waals surface area (Å²) in [6.45, 7) is 2.74. The van der Waals surface area contributed by atoms with Gasteiger partial charge in [-0.15, -0.1) is 0 Å². The van der Waals surface area contributed by atoms with Crippen LogP contribution in [0.4, 0.5) is 0 Å². The molecule has 8 heteroatoms. The normalized spacial score (nSPS) is 19.1. The van der Waals surface area contributed by atoms with Crippen LogP contribution in [-0.4, -0.2) is 36.0 Å². The van der Waals surface area contributed by atoms with E-state index in [1.54, 1.807) is 0 Å². The molecule has 24 heavy (non-hydrogen) atoms. The highest BCUT2D eigenvalue weighted by Gasteiger charge is 2.32. The molecule has 1 aliphatic heterocycles. The molecule has 0 aliphatic carbocycles. The van der Waals surface area contributed by atoms with Gasteiger partial charge in [0.15, 0.2) is 5.82 Å². The van der Waals surface area contributed by atoms with Crippen LogP contribution in [0, 0.1) is 11.3 Å². The van der Waals surface area contributed by atoms with E-state index in [9.17, 15) is 8.42 Å². The molecule has 0 bridgehead atoms. The van der Waals surface area contributed by atoms with Crippen molar-refractivity contribution in [2.75, 3.05) is 13.1 Å². The van der Waals surface area contributed by atoms with Crippen LogP contribution in [0.2, 0.25) is 0 Å². The van der Waals surface area contributed by atoms with Crippen LogP contribution in [0.5, 0.6) is 0 Å². The summed E-state index contributed by atoms with van der Waals surface area (Å²) < 4.78 is 32.2. The fourth-order valence-electron chi connectivity index (χ4n) is 2.80. The molecule has 1 saturated heterocycles. The molecule has 1 aliphatic rings. The zero-order valence-electron chi connectivity index (χ0n) is 13.3. The number of benzene rings is 1. The third-order valence-corrected chi connectivity index (χ3v) is 6.04. The Hall–Kier alpha value is -2.24. The largest absolute Gasteiger partial charge is 0.339 e. The zero-order valence-corrected chi connectivity index (χ0v) is 14.2. The lowest BCUT2D eigenvalue weighted by atomic mass is 9.99. The van der Waals surface area contributed by atoms with E-state index in [1.807, 2.05) is 13.0 Å². The standard InChI is InChI=1S/C16H18N4O3S/c1-2-15-18-16(19-23-15)13-4-3-9-20(11-13)24(21,22)14-7-5-12(10-17)6-8-14/h5-8,13H,2-4,9,11H2,1H3/t13-/m0/s1. The zero-order chi connectivity index (χ0) is 17.2. The van der Waals surface area contributed by atoms with E-state index in [0.717, 1.165) is 12.8 Å². The van der Waals surface area contributed by atoms with Crippen molar-refractivity contribution >= 4 is 10.0 Å². The van der Waals surface area contributed by atoms with Gasteiger partial charge in [-0.05, 0) is 37.1 Å². The minimum absolute atomic E-state index is 0.0593. The van der Waals surface area contributed by atoms with E-state index in [2.05, 4.69) is 10.1 Å². The Kier molecular flexibility index (Phi) is 4.64. The van der Waals surface area contributed by atoms with Crippen LogP contribution < -0.4 is 0 Å². The van der Waals surface area contributed by atoms with Crippen LogP contribution in [-0.2, 0) is 16.4 Å². The maximum atomic E-state index is 12.8. The fourth-order valence-corrected chi connectivity index (χ4v) is 4.32. The molecule has 1 aromatic carbocycles. The summed E-state index contributed by atoms with van der Waals surface area (Å²) in [5.41, 5.74) is 0.435. The lowest BCUT2D eigenvalue weighted by molar-refractivity contribution is 0.300. The summed E-state index contributed by atoms with van der Waals surface area (Å²) in [7, 11) is -3.59. The second kappa shape index (κ2) is 6.71. The van der Waals surface area contributed by atoms with E-state index in [4.69, 9.17) is 9.78 Å². The Morgan fingerprint density at radius 1 is 1.38 bits per heavy atom. The van der Waals surface area contributed by atoms with Crippen LogP contribution >= 0.6 is 0 Å². The van der Waals surface area contributed by atoms with Crippen molar-refractivity contribution in [3.05, 3.63) is 41.5 Å². The first-order chi connectivity index (χ1) is 11.5. The molecule has 0 amide bonds. The van der Waals surface area contributed by atoms with E-state index in [1.165, 1.54) is 28.6 Å². The number of rotatable bonds is 4. The summed E-state index contributed by atoms with van der Waals surface area (Å²) in [6, 6.07) is 7.96. The Balaban J connectivity index is 1.81. The van der Waals surface area contributed by atoms with Gasteiger partial charge in [0.2, 0.25) is 15.9 Å². The third kappa shape index (κ3) is 3.18. The third-order valence-electron chi connectivity index (χ3n) is 4.16. The predicted molar refractivity (Wildman–Crippen MR) is 85.6 cm³/mol. The molecule has 0 unspecified atom stereocenters. The summed E-state index contributed by atoms with van der Waals surface area (Å²) in [5, 5.41) is 12.8. The Labute approximate surface area is 141 Å². The van der Waals surface area contributed by atoms with E-state index in [-0.39, 0.29) is 10.8 Å². The second-order valence-electron chi connectivity index (χ2n) is 5.74. The molecule has 126 valence electrons. The number of aromatic nitrogens is 2. The molecule has 3 rings (SSSR count). The summed E-state index contributed by atoms with van der Waals surface area (Å²) in [4.78, 5) is 4.53. The Morgan fingerprint density at radius 2 is 2.12 bits per heavy atom. The van der Waals surface area contributed by atoms with Crippen molar-refractivity contribution in [3.8, 4) is 6.07 Å². The first kappa shape index (κ1) is 16.6. The van der Waals surface area contributed by atoms with Gasteiger partial charge in [-0.2, -0.15) is 14.6 Å². The highest BCUT2D eigenvalue weighted by Crippen LogP contribution is 2.29. The predicted octanol–water partition coefficient (Wildman–Crippen LogP) is 2.07. The number of aryl methyl sites for hydroxylation is 1. The minimum atomic E-state index is -3.59. The number of nitriles is 1. The maximum absolute atomic E-state index is 12.8. The first-order valence-electron chi connectivity index (χ1n) is 7.87. The lowest BCUT2D eigenvalue weighted by Crippen LogP contribution is -2.39. The molecule has 1 atom stereocenters. The van der Waals surface area contributed by atoms with E-state index < -0.39 is 10.0 Å². The molecule has 0 radical (unpaired) electrons. The van der Waals surface area contributed by atoms with Crippen molar-refractivity contribution in [1.82, 2.24) is 14.4 Å².